The molecule has 3 atom stereocenters. The Morgan fingerprint density at radius 3 is 3.00 bits per heavy atom. The van der Waals surface area contributed by atoms with Crippen molar-refractivity contribution in [1.82, 2.24) is 15.1 Å². The molecular weight excluding hydrogens is 416 g/mol. The molecule has 0 saturated carbocycles. The lowest BCUT2D eigenvalue weighted by Crippen LogP contribution is -2.40. The minimum absolute atomic E-state index is 0.0963. The van der Waals surface area contributed by atoms with Gasteiger partial charge in [0.05, 0.1) is 18.8 Å². The maximum absolute atomic E-state index is 13.2. The zero-order valence-corrected chi connectivity index (χ0v) is 18.6. The fourth-order valence-electron chi connectivity index (χ4n) is 4.94. The third-order valence-electron chi connectivity index (χ3n) is 6.65. The molecule has 2 aromatic rings. The number of amides is 2. The number of aromatic nitrogens is 2. The van der Waals surface area contributed by atoms with Gasteiger partial charge in [0.1, 0.15) is 11.5 Å². The summed E-state index contributed by atoms with van der Waals surface area (Å²) in [6.07, 6.45) is 6.41. The van der Waals surface area contributed by atoms with Gasteiger partial charge in [-0.05, 0) is 67.3 Å². The lowest BCUT2D eigenvalue weighted by Gasteiger charge is -2.24. The number of carbonyl (C=O) groups excluding carboxylic acids is 1. The highest BCUT2D eigenvalue weighted by atomic mass is 32.2. The molecule has 0 saturated heterocycles. The summed E-state index contributed by atoms with van der Waals surface area (Å²) < 4.78 is 24.4. The fraction of sp³-hybridized carbons (Fsp3) is 0.524. The van der Waals surface area contributed by atoms with Gasteiger partial charge in [0.15, 0.2) is 9.92 Å². The number of likely N-dealkylation sites (N-methyl/N-ethyl adjacent to an activating group) is 1. The molecular formula is C21H28N6O3S. The van der Waals surface area contributed by atoms with Crippen molar-refractivity contribution in [3.8, 4) is 5.88 Å². The molecule has 0 spiro atoms. The van der Waals surface area contributed by atoms with Gasteiger partial charge in [-0.3, -0.25) is 0 Å². The lowest BCUT2D eigenvalue weighted by molar-refractivity contribution is 0.184. The molecule has 0 fully saturated rings. The van der Waals surface area contributed by atoms with Gasteiger partial charge >= 0.3 is 6.03 Å². The number of fused-ring (bicyclic) bond motifs is 3. The van der Waals surface area contributed by atoms with Crippen molar-refractivity contribution in [3.05, 3.63) is 34.5 Å². The number of aryl methyl sites for hydroxylation is 1. The monoisotopic (exact) mass is 444 g/mol. The SMILES string of the molecule is CNC1COc2c(S(N)(=O)=NC(=O)Nc3c4c(cc5c3CCC5C)CCC4)cnn2C1. The molecule has 10 heteroatoms. The first kappa shape index (κ1) is 20.5. The van der Waals surface area contributed by atoms with Crippen LogP contribution in [0.3, 0.4) is 0 Å². The Kier molecular flexibility index (Phi) is 5.03. The van der Waals surface area contributed by atoms with E-state index in [-0.39, 0.29) is 10.9 Å². The average molecular weight is 445 g/mol. The largest absolute Gasteiger partial charge is 0.475 e. The molecule has 4 N–H and O–H groups in total. The average Bonchev–Trinajstić information content (AvgIpc) is 3.45. The first-order chi connectivity index (χ1) is 14.9. The van der Waals surface area contributed by atoms with E-state index in [0.717, 1.165) is 37.8 Å². The lowest BCUT2D eigenvalue weighted by atomic mass is 9.96. The predicted molar refractivity (Wildman–Crippen MR) is 118 cm³/mol. The zero-order valence-electron chi connectivity index (χ0n) is 17.8. The van der Waals surface area contributed by atoms with Crippen molar-refractivity contribution in [2.75, 3.05) is 19.0 Å². The normalized spacial score (nSPS) is 23.3. The van der Waals surface area contributed by atoms with Crippen LogP contribution in [0, 0.1) is 0 Å². The molecule has 0 radical (unpaired) electrons. The molecule has 2 aliphatic carbocycles. The van der Waals surface area contributed by atoms with E-state index in [9.17, 15) is 9.00 Å². The van der Waals surface area contributed by atoms with Crippen molar-refractivity contribution in [1.29, 1.82) is 0 Å². The molecule has 2 amide bonds. The second-order valence-corrected chi connectivity index (χ2v) is 10.4. The molecule has 2 heterocycles. The van der Waals surface area contributed by atoms with Crippen LogP contribution in [0.15, 0.2) is 21.5 Å². The van der Waals surface area contributed by atoms with Gasteiger partial charge in [-0.15, -0.1) is 4.36 Å². The summed E-state index contributed by atoms with van der Waals surface area (Å²) in [4.78, 5) is 13.0. The maximum Gasteiger partial charge on any atom is 0.354 e. The number of nitrogens with zero attached hydrogens (tertiary/aromatic N) is 3. The molecule has 3 aliphatic rings. The minimum Gasteiger partial charge on any atom is -0.475 e. The minimum atomic E-state index is -3.51. The highest BCUT2D eigenvalue weighted by molar-refractivity contribution is 7.91. The van der Waals surface area contributed by atoms with Gasteiger partial charge in [0.2, 0.25) is 5.88 Å². The van der Waals surface area contributed by atoms with Crippen LogP contribution in [-0.4, -0.2) is 39.7 Å². The van der Waals surface area contributed by atoms with Crippen LogP contribution in [0.4, 0.5) is 10.5 Å². The molecule has 1 aromatic heterocycles. The quantitative estimate of drug-likeness (QED) is 0.670. The summed E-state index contributed by atoms with van der Waals surface area (Å²) in [7, 11) is -1.67. The fourth-order valence-corrected chi connectivity index (χ4v) is 5.94. The number of carbonyl (C=O) groups is 1. The van der Waals surface area contributed by atoms with Crippen LogP contribution >= 0.6 is 0 Å². The number of hydrogen-bond donors (Lipinski definition) is 3. The number of benzene rings is 1. The topological polar surface area (TPSA) is 124 Å². The number of nitrogens with two attached hydrogens (primary N) is 1. The van der Waals surface area contributed by atoms with E-state index in [2.05, 4.69) is 33.1 Å². The maximum atomic E-state index is 13.2. The van der Waals surface area contributed by atoms with Crippen LogP contribution in [0.5, 0.6) is 5.88 Å². The van der Waals surface area contributed by atoms with Gasteiger partial charge in [-0.1, -0.05) is 13.0 Å². The van der Waals surface area contributed by atoms with Gasteiger partial charge in [-0.25, -0.2) is 18.8 Å². The van der Waals surface area contributed by atoms with E-state index < -0.39 is 15.9 Å². The van der Waals surface area contributed by atoms with Crippen molar-refractivity contribution < 1.29 is 13.7 Å². The van der Waals surface area contributed by atoms with E-state index in [4.69, 9.17) is 9.88 Å². The van der Waals surface area contributed by atoms with Crippen LogP contribution < -0.4 is 20.5 Å². The second-order valence-electron chi connectivity index (χ2n) is 8.63. The standard InChI is InChI=1S/C21H28N6O3S/c1-12-6-7-16-17(12)8-13-4-3-5-15(13)19(16)25-21(28)26-31(22,29)18-9-24-27-10-14(23-2)11-30-20(18)27/h8-9,12,14,23H,3-7,10-11H2,1-2H3,(H3,22,25,26,28,29). The van der Waals surface area contributed by atoms with Crippen molar-refractivity contribution in [2.24, 2.45) is 9.50 Å². The predicted octanol–water partition coefficient (Wildman–Crippen LogP) is 2.33. The Bertz CT molecular complexity index is 1180. The molecule has 5 rings (SSSR count). The summed E-state index contributed by atoms with van der Waals surface area (Å²) >= 11 is 0. The number of urea groups is 1. The molecule has 1 aliphatic heterocycles. The number of anilines is 1. The van der Waals surface area contributed by atoms with Gasteiger partial charge in [-0.2, -0.15) is 5.10 Å². The van der Waals surface area contributed by atoms with E-state index in [0.29, 0.717) is 24.9 Å². The molecule has 3 unspecified atom stereocenters. The van der Waals surface area contributed by atoms with E-state index >= 15 is 0 Å². The molecule has 31 heavy (non-hydrogen) atoms. The van der Waals surface area contributed by atoms with E-state index in [1.165, 1.54) is 28.5 Å². The Morgan fingerprint density at radius 2 is 2.19 bits per heavy atom. The number of hydrogen-bond acceptors (Lipinski definition) is 5. The van der Waals surface area contributed by atoms with Crippen LogP contribution in [0.1, 0.15) is 47.9 Å². The number of ether oxygens (including phenoxy) is 1. The smallest absolute Gasteiger partial charge is 0.354 e. The third kappa shape index (κ3) is 3.52. The highest BCUT2D eigenvalue weighted by Gasteiger charge is 2.30. The first-order valence-electron chi connectivity index (χ1n) is 10.8. The highest BCUT2D eigenvalue weighted by Crippen LogP contribution is 2.43. The van der Waals surface area contributed by atoms with Gasteiger partial charge < -0.3 is 15.4 Å². The Labute approximate surface area is 182 Å². The van der Waals surface area contributed by atoms with Crippen LogP contribution in [-0.2, 0) is 35.7 Å². The van der Waals surface area contributed by atoms with E-state index in [1.807, 2.05) is 7.05 Å². The molecule has 1 aromatic carbocycles. The van der Waals surface area contributed by atoms with Crippen LogP contribution in [0.25, 0.3) is 0 Å². The summed E-state index contributed by atoms with van der Waals surface area (Å²) in [5.41, 5.74) is 5.83. The van der Waals surface area contributed by atoms with Crippen molar-refractivity contribution in [3.63, 3.8) is 0 Å². The molecule has 0 bridgehead atoms. The van der Waals surface area contributed by atoms with Crippen molar-refractivity contribution >= 4 is 21.6 Å². The number of rotatable bonds is 3. The summed E-state index contributed by atoms with van der Waals surface area (Å²) in [6.45, 7) is 3.18. The Balaban J connectivity index is 1.46. The summed E-state index contributed by atoms with van der Waals surface area (Å²) in [6, 6.07) is 1.71. The van der Waals surface area contributed by atoms with Crippen molar-refractivity contribution in [2.45, 2.75) is 62.4 Å². The van der Waals surface area contributed by atoms with Gasteiger partial charge in [0.25, 0.3) is 0 Å². The Hall–Kier alpha value is -2.43. The molecule has 166 valence electrons. The first-order valence-corrected chi connectivity index (χ1v) is 12.3. The third-order valence-corrected chi connectivity index (χ3v) is 8.00. The van der Waals surface area contributed by atoms with Gasteiger partial charge in [0, 0.05) is 5.69 Å². The number of nitrogens with one attached hydrogen (secondary N) is 2. The second kappa shape index (κ2) is 7.61. The molecule has 9 nitrogen and oxygen atoms in total. The summed E-state index contributed by atoms with van der Waals surface area (Å²) in [5, 5.41) is 16.3. The van der Waals surface area contributed by atoms with E-state index in [1.54, 1.807) is 4.68 Å². The van der Waals surface area contributed by atoms with Crippen LogP contribution in [0.2, 0.25) is 0 Å². The Morgan fingerprint density at radius 1 is 1.35 bits per heavy atom. The zero-order chi connectivity index (χ0) is 21.8. The summed E-state index contributed by atoms with van der Waals surface area (Å²) in [5.74, 6) is 0.788.